The summed E-state index contributed by atoms with van der Waals surface area (Å²) in [6.07, 6.45) is 2.33. The van der Waals surface area contributed by atoms with Crippen molar-refractivity contribution in [1.82, 2.24) is 20.0 Å². The summed E-state index contributed by atoms with van der Waals surface area (Å²) in [5, 5.41) is 7.79. The summed E-state index contributed by atoms with van der Waals surface area (Å²) in [6, 6.07) is 8.59. The minimum absolute atomic E-state index is 0.0513. The van der Waals surface area contributed by atoms with Gasteiger partial charge in [-0.1, -0.05) is 0 Å². The third kappa shape index (κ3) is 3.83. The number of hydrogen-bond donors (Lipinski definition) is 1. The minimum atomic E-state index is 0.0513. The lowest BCUT2D eigenvalue weighted by molar-refractivity contribution is -0.119. The lowest BCUT2D eigenvalue weighted by Crippen LogP contribution is -2.56. The minimum Gasteiger partial charge on any atom is -0.493 e. The maximum atomic E-state index is 11.3. The third-order valence-corrected chi connectivity index (χ3v) is 6.44. The number of ether oxygens (including phenoxy) is 2. The number of benzene rings is 1. The van der Waals surface area contributed by atoms with Crippen molar-refractivity contribution in [3.63, 3.8) is 0 Å². The normalized spacial score (nSPS) is 25.7. The van der Waals surface area contributed by atoms with Gasteiger partial charge >= 0.3 is 0 Å². The van der Waals surface area contributed by atoms with Gasteiger partial charge in [0.15, 0.2) is 11.5 Å². The van der Waals surface area contributed by atoms with Gasteiger partial charge in [-0.05, 0) is 49.6 Å². The van der Waals surface area contributed by atoms with Crippen molar-refractivity contribution in [2.24, 2.45) is 13.0 Å². The largest absolute Gasteiger partial charge is 0.493 e. The number of carbonyl (C=O) groups is 1. The maximum Gasteiger partial charge on any atom is 0.216 e. The van der Waals surface area contributed by atoms with Crippen molar-refractivity contribution in [2.75, 3.05) is 33.9 Å². The van der Waals surface area contributed by atoms with Gasteiger partial charge in [-0.3, -0.25) is 14.4 Å². The first-order valence-electron chi connectivity index (χ1n) is 10.2. The SMILES string of the molecule is COc1ccc(-c2cc([C@H]3CN4CC[C@H]3C[C@@H]4CNC(C)=O)n(C)n2)cc1OC. The first-order chi connectivity index (χ1) is 14.0. The van der Waals surface area contributed by atoms with Crippen LogP contribution in [0.3, 0.4) is 0 Å². The number of amides is 1. The van der Waals surface area contributed by atoms with E-state index in [1.807, 2.05) is 29.9 Å². The average Bonchev–Trinajstić information content (AvgIpc) is 3.13. The topological polar surface area (TPSA) is 68.6 Å². The predicted molar refractivity (Wildman–Crippen MR) is 111 cm³/mol. The Morgan fingerprint density at radius 2 is 2.03 bits per heavy atom. The molecule has 1 N–H and O–H groups in total. The molecule has 29 heavy (non-hydrogen) atoms. The summed E-state index contributed by atoms with van der Waals surface area (Å²) in [4.78, 5) is 13.8. The fraction of sp³-hybridized carbons (Fsp3) is 0.545. The van der Waals surface area contributed by atoms with Gasteiger partial charge in [-0.2, -0.15) is 5.10 Å². The van der Waals surface area contributed by atoms with E-state index in [1.165, 1.54) is 12.1 Å². The Kier molecular flexibility index (Phi) is 5.50. The summed E-state index contributed by atoms with van der Waals surface area (Å²) < 4.78 is 12.8. The number of rotatable bonds is 6. The highest BCUT2D eigenvalue weighted by atomic mass is 16.5. The van der Waals surface area contributed by atoms with Crippen molar-refractivity contribution < 1.29 is 14.3 Å². The molecule has 4 atom stereocenters. The van der Waals surface area contributed by atoms with E-state index < -0.39 is 0 Å². The van der Waals surface area contributed by atoms with Gasteiger partial charge in [0.05, 0.1) is 19.9 Å². The molecule has 1 aromatic heterocycles. The van der Waals surface area contributed by atoms with Crippen molar-refractivity contribution in [3.05, 3.63) is 30.0 Å². The van der Waals surface area contributed by atoms with Crippen LogP contribution >= 0.6 is 0 Å². The van der Waals surface area contributed by atoms with E-state index in [0.29, 0.717) is 23.6 Å². The molecule has 2 bridgehead atoms. The number of fused-ring (bicyclic) bond motifs is 3. The van der Waals surface area contributed by atoms with E-state index >= 15 is 0 Å². The van der Waals surface area contributed by atoms with Crippen LogP contribution in [0.2, 0.25) is 0 Å². The maximum absolute atomic E-state index is 11.3. The molecule has 156 valence electrons. The number of aryl methyl sites for hydroxylation is 1. The highest BCUT2D eigenvalue weighted by Crippen LogP contribution is 2.42. The lowest BCUT2D eigenvalue weighted by Gasteiger charge is -2.49. The van der Waals surface area contributed by atoms with E-state index in [4.69, 9.17) is 14.6 Å². The van der Waals surface area contributed by atoms with Gasteiger partial charge in [0.2, 0.25) is 5.91 Å². The summed E-state index contributed by atoms with van der Waals surface area (Å²) in [6.45, 7) is 4.48. The smallest absolute Gasteiger partial charge is 0.216 e. The Morgan fingerprint density at radius 1 is 1.24 bits per heavy atom. The van der Waals surface area contributed by atoms with E-state index in [-0.39, 0.29) is 5.91 Å². The lowest BCUT2D eigenvalue weighted by atomic mass is 9.74. The average molecular weight is 399 g/mol. The van der Waals surface area contributed by atoms with E-state index in [2.05, 4.69) is 16.3 Å². The van der Waals surface area contributed by atoms with Crippen molar-refractivity contribution >= 4 is 5.91 Å². The van der Waals surface area contributed by atoms with Crippen LogP contribution in [-0.4, -0.2) is 60.5 Å². The number of piperidine rings is 3. The van der Waals surface area contributed by atoms with Crippen LogP contribution in [0.1, 0.15) is 31.4 Å². The van der Waals surface area contributed by atoms with Crippen LogP contribution in [0.5, 0.6) is 11.5 Å². The Labute approximate surface area is 172 Å². The standard InChI is InChI=1S/C22H30N4O3/c1-14(27)23-12-17-9-15-7-8-26(17)13-18(15)20-11-19(24-25(20)2)16-5-6-21(28-3)22(10-16)29-4/h5-6,10-11,15,17-18H,7-9,12-13H2,1-4H3,(H,23,27)/t15-,17+,18-/m0/s1. The van der Waals surface area contributed by atoms with Crippen LogP contribution in [0.25, 0.3) is 11.3 Å². The number of aromatic nitrogens is 2. The summed E-state index contributed by atoms with van der Waals surface area (Å²) in [7, 11) is 5.32. The molecule has 7 heteroatoms. The zero-order valence-electron chi connectivity index (χ0n) is 17.6. The second-order valence-corrected chi connectivity index (χ2v) is 8.12. The van der Waals surface area contributed by atoms with Gasteiger partial charge in [0, 0.05) is 50.3 Å². The molecule has 4 heterocycles. The molecule has 3 saturated heterocycles. The van der Waals surface area contributed by atoms with Gasteiger partial charge in [0.25, 0.3) is 0 Å². The molecule has 2 aromatic rings. The van der Waals surface area contributed by atoms with E-state index in [1.54, 1.807) is 21.1 Å². The first-order valence-corrected chi connectivity index (χ1v) is 10.2. The van der Waals surface area contributed by atoms with Crippen molar-refractivity contribution in [3.8, 4) is 22.8 Å². The summed E-state index contributed by atoms with van der Waals surface area (Å²) in [5.74, 6) is 2.59. The van der Waals surface area contributed by atoms with Crippen LogP contribution in [-0.2, 0) is 11.8 Å². The number of hydrogen-bond acceptors (Lipinski definition) is 5. The molecule has 0 aliphatic carbocycles. The quantitative estimate of drug-likeness (QED) is 0.809. The molecule has 3 fully saturated rings. The molecule has 1 aromatic carbocycles. The number of methoxy groups -OCH3 is 2. The number of nitrogens with zero attached hydrogens (tertiary/aromatic N) is 3. The van der Waals surface area contributed by atoms with Crippen molar-refractivity contribution in [2.45, 2.75) is 31.7 Å². The van der Waals surface area contributed by atoms with Crippen LogP contribution in [0, 0.1) is 5.92 Å². The third-order valence-electron chi connectivity index (χ3n) is 6.44. The number of carbonyl (C=O) groups excluding carboxylic acids is 1. The Balaban J connectivity index is 1.54. The molecule has 0 saturated carbocycles. The molecular weight excluding hydrogens is 368 g/mol. The zero-order valence-corrected chi connectivity index (χ0v) is 17.6. The molecule has 5 rings (SSSR count). The fourth-order valence-corrected chi connectivity index (χ4v) is 4.91. The number of nitrogens with one attached hydrogen (secondary N) is 1. The predicted octanol–water partition coefficient (Wildman–Crippen LogP) is 2.42. The van der Waals surface area contributed by atoms with Gasteiger partial charge in [-0.15, -0.1) is 0 Å². The van der Waals surface area contributed by atoms with E-state index in [0.717, 1.165) is 43.1 Å². The molecular formula is C22H30N4O3. The second-order valence-electron chi connectivity index (χ2n) is 8.12. The molecule has 1 amide bonds. The fourth-order valence-electron chi connectivity index (χ4n) is 4.91. The Hall–Kier alpha value is -2.54. The molecule has 0 radical (unpaired) electrons. The van der Waals surface area contributed by atoms with Crippen LogP contribution in [0.15, 0.2) is 24.3 Å². The van der Waals surface area contributed by atoms with E-state index in [9.17, 15) is 4.79 Å². The van der Waals surface area contributed by atoms with Crippen LogP contribution in [0.4, 0.5) is 0 Å². The monoisotopic (exact) mass is 398 g/mol. The van der Waals surface area contributed by atoms with Gasteiger partial charge in [-0.25, -0.2) is 0 Å². The van der Waals surface area contributed by atoms with Gasteiger partial charge < -0.3 is 14.8 Å². The molecule has 0 spiro atoms. The molecule has 1 unspecified atom stereocenters. The Bertz CT molecular complexity index is 894. The summed E-state index contributed by atoms with van der Waals surface area (Å²) in [5.41, 5.74) is 3.26. The highest BCUT2D eigenvalue weighted by Gasteiger charge is 2.41. The molecule has 3 aliphatic rings. The second kappa shape index (κ2) is 8.06. The van der Waals surface area contributed by atoms with Gasteiger partial charge in [0.1, 0.15) is 0 Å². The highest BCUT2D eigenvalue weighted by molar-refractivity contribution is 5.72. The first kappa shape index (κ1) is 19.8. The van der Waals surface area contributed by atoms with Crippen molar-refractivity contribution in [1.29, 1.82) is 0 Å². The van der Waals surface area contributed by atoms with Crippen LogP contribution < -0.4 is 14.8 Å². The summed E-state index contributed by atoms with van der Waals surface area (Å²) >= 11 is 0. The Morgan fingerprint density at radius 3 is 2.69 bits per heavy atom. The molecule has 7 nitrogen and oxygen atoms in total. The molecule has 3 aliphatic heterocycles. The zero-order chi connectivity index (χ0) is 20.5.